The van der Waals surface area contributed by atoms with Gasteiger partial charge in [-0.3, -0.25) is 4.79 Å². The summed E-state index contributed by atoms with van der Waals surface area (Å²) in [4.78, 5) is 33.2. The summed E-state index contributed by atoms with van der Waals surface area (Å²) in [5.74, 6) is -0.809. The van der Waals surface area contributed by atoms with Gasteiger partial charge in [0.05, 0.1) is 26.4 Å². The van der Waals surface area contributed by atoms with Gasteiger partial charge in [0, 0.05) is 18.7 Å². The van der Waals surface area contributed by atoms with E-state index >= 15 is 0 Å². The molecule has 0 saturated carbocycles. The number of esters is 1. The number of hydrogen-bond donors (Lipinski definition) is 3. The molecule has 0 radical (unpaired) electrons. The highest BCUT2D eigenvalue weighted by atomic mass is 16.5. The molecule has 0 aromatic rings. The summed E-state index contributed by atoms with van der Waals surface area (Å²) in [6.45, 7) is 10.2. The first-order chi connectivity index (χ1) is 11.5. The zero-order valence-corrected chi connectivity index (χ0v) is 13.9. The number of ether oxygens (including phenoxy) is 3. The molecule has 0 fully saturated rings. The summed E-state index contributed by atoms with van der Waals surface area (Å²) in [6, 6.07) is -0.470. The van der Waals surface area contributed by atoms with Crippen LogP contribution in [0.5, 0.6) is 0 Å². The molecule has 0 atom stereocenters. The standard InChI is InChI=1S/C15H25N3O6/c1-4-13(19)16-5-7-22-9-10-23-8-6-17-15(21)18-11-24-14(20)12(2)3/h4H,1-2,5-11H2,3H3,(H,16,19)(H2,17,18,21). The molecule has 0 unspecified atom stereocenters. The molecule has 3 N–H and O–H groups in total. The second-order valence-corrected chi connectivity index (χ2v) is 4.51. The Kier molecular flexibility index (Phi) is 12.8. The Morgan fingerprint density at radius 3 is 2.08 bits per heavy atom. The van der Waals surface area contributed by atoms with Gasteiger partial charge in [-0.1, -0.05) is 13.2 Å². The predicted octanol–water partition coefficient (Wildman–Crippen LogP) is -0.302. The summed E-state index contributed by atoms with van der Waals surface area (Å²) in [7, 11) is 0. The number of rotatable bonds is 13. The van der Waals surface area contributed by atoms with E-state index in [1.807, 2.05) is 0 Å². The van der Waals surface area contributed by atoms with Crippen molar-refractivity contribution in [3.63, 3.8) is 0 Å². The number of carbonyl (C=O) groups is 3. The van der Waals surface area contributed by atoms with E-state index in [9.17, 15) is 14.4 Å². The van der Waals surface area contributed by atoms with Gasteiger partial charge < -0.3 is 30.2 Å². The molecule has 0 aliphatic heterocycles. The molecule has 9 nitrogen and oxygen atoms in total. The molecule has 0 aromatic heterocycles. The third-order valence-corrected chi connectivity index (χ3v) is 2.42. The lowest BCUT2D eigenvalue weighted by Gasteiger charge is -2.09. The lowest BCUT2D eigenvalue weighted by molar-refractivity contribution is -0.139. The van der Waals surface area contributed by atoms with Crippen molar-refractivity contribution in [1.29, 1.82) is 0 Å². The van der Waals surface area contributed by atoms with E-state index in [2.05, 4.69) is 29.1 Å². The Bertz CT molecular complexity index is 439. The summed E-state index contributed by atoms with van der Waals surface area (Å²) in [5.41, 5.74) is 0.260. The maximum Gasteiger partial charge on any atom is 0.334 e. The van der Waals surface area contributed by atoms with Gasteiger partial charge in [0.1, 0.15) is 0 Å². The van der Waals surface area contributed by atoms with Crippen LogP contribution in [-0.4, -0.2) is 64.2 Å². The highest BCUT2D eigenvalue weighted by Gasteiger charge is 2.04. The predicted molar refractivity (Wildman–Crippen MR) is 87.2 cm³/mol. The van der Waals surface area contributed by atoms with Crippen LogP contribution in [0.15, 0.2) is 24.8 Å². The maximum atomic E-state index is 11.3. The number of carbonyl (C=O) groups excluding carboxylic acids is 3. The van der Waals surface area contributed by atoms with Gasteiger partial charge in [-0.05, 0) is 13.0 Å². The Hall–Kier alpha value is -2.39. The number of nitrogens with one attached hydrogen (secondary N) is 3. The van der Waals surface area contributed by atoms with Crippen LogP contribution in [0.25, 0.3) is 0 Å². The average molecular weight is 343 g/mol. The first-order valence-corrected chi connectivity index (χ1v) is 7.37. The number of urea groups is 1. The van der Waals surface area contributed by atoms with Crippen molar-refractivity contribution in [2.24, 2.45) is 0 Å². The van der Waals surface area contributed by atoms with E-state index in [1.165, 1.54) is 13.0 Å². The first-order valence-electron chi connectivity index (χ1n) is 7.37. The molecule has 0 bridgehead atoms. The van der Waals surface area contributed by atoms with Crippen molar-refractivity contribution in [3.8, 4) is 0 Å². The molecular formula is C15H25N3O6. The number of amides is 3. The van der Waals surface area contributed by atoms with Crippen molar-refractivity contribution in [2.75, 3.05) is 46.2 Å². The fourth-order valence-corrected chi connectivity index (χ4v) is 1.23. The van der Waals surface area contributed by atoms with Crippen LogP contribution >= 0.6 is 0 Å². The minimum atomic E-state index is -0.567. The molecule has 0 rings (SSSR count). The van der Waals surface area contributed by atoms with Crippen LogP contribution in [0, 0.1) is 0 Å². The Morgan fingerprint density at radius 1 is 0.958 bits per heavy atom. The second kappa shape index (κ2) is 14.2. The minimum Gasteiger partial charge on any atom is -0.441 e. The van der Waals surface area contributed by atoms with Crippen molar-refractivity contribution < 1.29 is 28.6 Å². The zero-order chi connectivity index (χ0) is 18.2. The molecule has 136 valence electrons. The highest BCUT2D eigenvalue weighted by Crippen LogP contribution is 1.89. The topological polar surface area (TPSA) is 115 Å². The van der Waals surface area contributed by atoms with Crippen LogP contribution in [0.2, 0.25) is 0 Å². The van der Waals surface area contributed by atoms with Crippen molar-refractivity contribution in [3.05, 3.63) is 24.8 Å². The lowest BCUT2D eigenvalue weighted by atomic mass is 10.4. The summed E-state index contributed by atoms with van der Waals surface area (Å²) in [6.07, 6.45) is 1.19. The smallest absolute Gasteiger partial charge is 0.334 e. The summed E-state index contributed by atoms with van der Waals surface area (Å²) >= 11 is 0. The minimum absolute atomic E-state index is 0.228. The fraction of sp³-hybridized carbons (Fsp3) is 0.533. The largest absolute Gasteiger partial charge is 0.441 e. The SMILES string of the molecule is C=CC(=O)NCCOCCOCCNC(=O)NCOC(=O)C(=C)C. The Labute approximate surface area is 141 Å². The normalized spacial score (nSPS) is 9.71. The van der Waals surface area contributed by atoms with Gasteiger partial charge in [0.2, 0.25) is 5.91 Å². The third kappa shape index (κ3) is 13.3. The van der Waals surface area contributed by atoms with Gasteiger partial charge >= 0.3 is 12.0 Å². The van der Waals surface area contributed by atoms with E-state index in [0.717, 1.165) is 0 Å². The van der Waals surface area contributed by atoms with Crippen molar-refractivity contribution >= 4 is 17.9 Å². The molecule has 0 heterocycles. The van der Waals surface area contributed by atoms with Gasteiger partial charge in [-0.2, -0.15) is 0 Å². The van der Waals surface area contributed by atoms with Gasteiger partial charge in [-0.25, -0.2) is 9.59 Å². The molecule has 0 aromatic carbocycles. The summed E-state index contributed by atoms with van der Waals surface area (Å²) < 4.78 is 15.2. The Balaban J connectivity index is 3.33. The third-order valence-electron chi connectivity index (χ3n) is 2.42. The summed E-state index contributed by atoms with van der Waals surface area (Å²) in [5, 5.41) is 7.45. The maximum absolute atomic E-state index is 11.3. The second-order valence-electron chi connectivity index (χ2n) is 4.51. The molecule has 24 heavy (non-hydrogen) atoms. The van der Waals surface area contributed by atoms with Crippen LogP contribution in [0.3, 0.4) is 0 Å². The molecule has 3 amide bonds. The quantitative estimate of drug-likeness (QED) is 0.183. The monoisotopic (exact) mass is 343 g/mol. The van der Waals surface area contributed by atoms with Gasteiger partial charge in [0.25, 0.3) is 0 Å². The highest BCUT2D eigenvalue weighted by molar-refractivity contribution is 5.87. The van der Waals surface area contributed by atoms with E-state index in [0.29, 0.717) is 39.5 Å². The average Bonchev–Trinajstić information content (AvgIpc) is 2.55. The molecule has 0 saturated heterocycles. The van der Waals surface area contributed by atoms with Crippen molar-refractivity contribution in [1.82, 2.24) is 16.0 Å². The van der Waals surface area contributed by atoms with E-state index < -0.39 is 12.0 Å². The van der Waals surface area contributed by atoms with Crippen LogP contribution < -0.4 is 16.0 Å². The van der Waals surface area contributed by atoms with Crippen LogP contribution in [0.4, 0.5) is 4.79 Å². The first kappa shape index (κ1) is 21.6. The Morgan fingerprint density at radius 2 is 1.54 bits per heavy atom. The lowest BCUT2D eigenvalue weighted by Crippen LogP contribution is -2.39. The van der Waals surface area contributed by atoms with Gasteiger partial charge in [0.15, 0.2) is 6.73 Å². The molecular weight excluding hydrogens is 318 g/mol. The zero-order valence-electron chi connectivity index (χ0n) is 13.9. The number of hydrogen-bond acceptors (Lipinski definition) is 6. The van der Waals surface area contributed by atoms with E-state index in [4.69, 9.17) is 14.2 Å². The van der Waals surface area contributed by atoms with E-state index in [1.54, 1.807) is 0 Å². The van der Waals surface area contributed by atoms with Crippen LogP contribution in [-0.2, 0) is 23.8 Å². The molecule has 0 aliphatic rings. The van der Waals surface area contributed by atoms with E-state index in [-0.39, 0.29) is 18.2 Å². The molecule has 0 spiro atoms. The molecule has 9 heteroatoms. The molecule has 0 aliphatic carbocycles. The van der Waals surface area contributed by atoms with Crippen molar-refractivity contribution in [2.45, 2.75) is 6.92 Å². The fourth-order valence-electron chi connectivity index (χ4n) is 1.23. The van der Waals surface area contributed by atoms with Crippen LogP contribution in [0.1, 0.15) is 6.92 Å². The van der Waals surface area contributed by atoms with Gasteiger partial charge in [-0.15, -0.1) is 0 Å².